The predicted octanol–water partition coefficient (Wildman–Crippen LogP) is 3.11. The lowest BCUT2D eigenvalue weighted by atomic mass is 10.0. The molecule has 1 aromatic carbocycles. The minimum absolute atomic E-state index is 0.278. The monoisotopic (exact) mass is 369 g/mol. The Kier molecular flexibility index (Phi) is 4.65. The molecule has 0 atom stereocenters. The Morgan fingerprint density at radius 1 is 1.00 bits per heavy atom. The summed E-state index contributed by atoms with van der Waals surface area (Å²) in [4.78, 5) is 8.94. The van der Waals surface area contributed by atoms with E-state index in [1.807, 2.05) is 19.1 Å². The van der Waals surface area contributed by atoms with Gasteiger partial charge in [0, 0.05) is 40.9 Å². The zero-order valence-electron chi connectivity index (χ0n) is 14.7. The van der Waals surface area contributed by atoms with E-state index in [0.717, 1.165) is 27.9 Å². The van der Waals surface area contributed by atoms with Gasteiger partial charge in [0.2, 0.25) is 5.88 Å². The molecule has 0 radical (unpaired) electrons. The molecule has 7 heteroatoms. The van der Waals surface area contributed by atoms with E-state index in [-0.39, 0.29) is 4.90 Å². The van der Waals surface area contributed by atoms with Crippen molar-refractivity contribution in [2.24, 2.45) is 0 Å². The van der Waals surface area contributed by atoms with Gasteiger partial charge in [0.1, 0.15) is 5.82 Å². The molecular formula is C19H19N3O3S. The fourth-order valence-corrected chi connectivity index (χ4v) is 3.31. The molecule has 0 saturated carbocycles. The lowest BCUT2D eigenvalue weighted by Gasteiger charge is -2.11. The van der Waals surface area contributed by atoms with E-state index in [9.17, 15) is 8.42 Å². The number of hydrogen-bond donors (Lipinski definition) is 1. The minimum atomic E-state index is -3.23. The van der Waals surface area contributed by atoms with Gasteiger partial charge < -0.3 is 10.5 Å². The quantitative estimate of drug-likeness (QED) is 0.759. The van der Waals surface area contributed by atoms with Crippen LogP contribution < -0.4 is 10.5 Å². The van der Waals surface area contributed by atoms with Crippen molar-refractivity contribution in [1.29, 1.82) is 0 Å². The van der Waals surface area contributed by atoms with Gasteiger partial charge in [-0.3, -0.25) is 0 Å². The van der Waals surface area contributed by atoms with Crippen molar-refractivity contribution >= 4 is 15.7 Å². The van der Waals surface area contributed by atoms with Crippen molar-refractivity contribution in [3.8, 4) is 28.1 Å². The molecule has 2 heterocycles. The van der Waals surface area contributed by atoms with Crippen LogP contribution in [-0.4, -0.2) is 31.8 Å². The molecule has 3 aromatic rings. The highest BCUT2D eigenvalue weighted by atomic mass is 32.2. The van der Waals surface area contributed by atoms with Gasteiger partial charge in [0.15, 0.2) is 9.84 Å². The maximum absolute atomic E-state index is 11.6. The first kappa shape index (κ1) is 17.9. The smallest absolute Gasteiger partial charge is 0.213 e. The number of aryl methyl sites for hydroxylation is 1. The number of nitrogens with zero attached hydrogens (tertiary/aromatic N) is 2. The molecule has 0 aliphatic heterocycles. The molecular weight excluding hydrogens is 350 g/mol. The number of rotatable bonds is 4. The van der Waals surface area contributed by atoms with Gasteiger partial charge in [0.05, 0.1) is 12.0 Å². The molecule has 2 aromatic heterocycles. The summed E-state index contributed by atoms with van der Waals surface area (Å²) in [5, 5.41) is 0. The van der Waals surface area contributed by atoms with Crippen molar-refractivity contribution in [3.05, 3.63) is 54.4 Å². The van der Waals surface area contributed by atoms with E-state index in [2.05, 4.69) is 9.97 Å². The third kappa shape index (κ3) is 3.52. The largest absolute Gasteiger partial charge is 0.481 e. The summed E-state index contributed by atoms with van der Waals surface area (Å²) in [6.45, 7) is 1.88. The number of ether oxygens (including phenoxy) is 1. The first-order valence-corrected chi connectivity index (χ1v) is 9.77. The number of benzene rings is 1. The van der Waals surface area contributed by atoms with E-state index in [1.54, 1.807) is 43.6 Å². The van der Waals surface area contributed by atoms with E-state index in [4.69, 9.17) is 10.5 Å². The Morgan fingerprint density at radius 3 is 2.27 bits per heavy atom. The summed E-state index contributed by atoms with van der Waals surface area (Å²) in [5.74, 6) is 0.932. The average Bonchev–Trinajstić information content (AvgIpc) is 2.62. The molecule has 0 spiro atoms. The van der Waals surface area contributed by atoms with Crippen LogP contribution in [0.4, 0.5) is 5.82 Å². The van der Waals surface area contributed by atoms with Crippen LogP contribution in [0.3, 0.4) is 0 Å². The zero-order valence-corrected chi connectivity index (χ0v) is 15.5. The van der Waals surface area contributed by atoms with Gasteiger partial charge in [-0.05, 0) is 36.8 Å². The molecule has 26 heavy (non-hydrogen) atoms. The number of aromatic nitrogens is 2. The van der Waals surface area contributed by atoms with Crippen LogP contribution in [0.25, 0.3) is 22.3 Å². The van der Waals surface area contributed by atoms with Crippen LogP contribution in [0.2, 0.25) is 0 Å². The standard InChI is InChI=1S/C19H19N3O3S/c1-12-16(8-9-18(22-12)25-2)17-10-14(11-21-19(17)20)13-4-6-15(7-5-13)26(3,23)24/h4-11H,1-3H3,(H2,20,21). The number of anilines is 1. The SMILES string of the molecule is COc1ccc(-c2cc(-c3ccc(S(C)(=O)=O)cc3)cnc2N)c(C)n1. The first-order valence-electron chi connectivity index (χ1n) is 7.87. The number of sulfone groups is 1. The van der Waals surface area contributed by atoms with E-state index in [0.29, 0.717) is 11.7 Å². The predicted molar refractivity (Wildman–Crippen MR) is 102 cm³/mol. The molecule has 0 aliphatic rings. The Balaban J connectivity index is 2.06. The molecule has 0 amide bonds. The van der Waals surface area contributed by atoms with Gasteiger partial charge in [-0.2, -0.15) is 0 Å². The van der Waals surface area contributed by atoms with Crippen LogP contribution in [-0.2, 0) is 9.84 Å². The highest BCUT2D eigenvalue weighted by Crippen LogP contribution is 2.32. The summed E-state index contributed by atoms with van der Waals surface area (Å²) in [6, 6.07) is 12.3. The van der Waals surface area contributed by atoms with Gasteiger partial charge in [0.25, 0.3) is 0 Å². The maximum Gasteiger partial charge on any atom is 0.213 e. The van der Waals surface area contributed by atoms with Crippen molar-refractivity contribution in [2.45, 2.75) is 11.8 Å². The normalized spacial score (nSPS) is 11.3. The van der Waals surface area contributed by atoms with Gasteiger partial charge in [-0.1, -0.05) is 12.1 Å². The summed E-state index contributed by atoms with van der Waals surface area (Å²) in [7, 11) is -1.66. The Hall–Kier alpha value is -2.93. The van der Waals surface area contributed by atoms with Crippen molar-refractivity contribution < 1.29 is 13.2 Å². The van der Waals surface area contributed by atoms with Crippen molar-refractivity contribution in [1.82, 2.24) is 9.97 Å². The van der Waals surface area contributed by atoms with Crippen LogP contribution in [0.5, 0.6) is 5.88 Å². The third-order valence-electron chi connectivity index (χ3n) is 4.09. The fraction of sp³-hybridized carbons (Fsp3) is 0.158. The average molecular weight is 369 g/mol. The summed E-state index contributed by atoms with van der Waals surface area (Å²) < 4.78 is 28.4. The molecule has 6 nitrogen and oxygen atoms in total. The topological polar surface area (TPSA) is 95.2 Å². The first-order chi connectivity index (χ1) is 12.3. The third-order valence-corrected chi connectivity index (χ3v) is 5.22. The fourth-order valence-electron chi connectivity index (χ4n) is 2.68. The Morgan fingerprint density at radius 2 is 1.69 bits per heavy atom. The number of pyridine rings is 2. The molecule has 0 bridgehead atoms. The van der Waals surface area contributed by atoms with E-state index >= 15 is 0 Å². The lowest BCUT2D eigenvalue weighted by Crippen LogP contribution is -1.99. The van der Waals surface area contributed by atoms with Crippen molar-refractivity contribution in [3.63, 3.8) is 0 Å². The van der Waals surface area contributed by atoms with Crippen molar-refractivity contribution in [2.75, 3.05) is 19.1 Å². The highest BCUT2D eigenvalue weighted by molar-refractivity contribution is 7.90. The second-order valence-electron chi connectivity index (χ2n) is 5.94. The summed E-state index contributed by atoms with van der Waals surface area (Å²) in [6.07, 6.45) is 2.85. The van der Waals surface area contributed by atoms with Crippen LogP contribution in [0, 0.1) is 6.92 Å². The number of hydrogen-bond acceptors (Lipinski definition) is 6. The molecule has 0 fully saturated rings. The van der Waals surface area contributed by atoms with E-state index in [1.165, 1.54) is 6.26 Å². The van der Waals surface area contributed by atoms with Gasteiger partial charge in [-0.25, -0.2) is 18.4 Å². The molecule has 2 N–H and O–H groups in total. The highest BCUT2D eigenvalue weighted by Gasteiger charge is 2.12. The lowest BCUT2D eigenvalue weighted by molar-refractivity contribution is 0.397. The van der Waals surface area contributed by atoms with Gasteiger partial charge in [-0.15, -0.1) is 0 Å². The Labute approximate surface area is 152 Å². The number of nitrogens with two attached hydrogens (primary N) is 1. The second kappa shape index (κ2) is 6.76. The number of methoxy groups -OCH3 is 1. The zero-order chi connectivity index (χ0) is 18.9. The van der Waals surface area contributed by atoms with Crippen LogP contribution in [0.1, 0.15) is 5.69 Å². The van der Waals surface area contributed by atoms with Gasteiger partial charge >= 0.3 is 0 Å². The molecule has 0 unspecified atom stereocenters. The van der Waals surface area contributed by atoms with E-state index < -0.39 is 9.84 Å². The molecule has 0 saturated heterocycles. The number of nitrogen functional groups attached to an aromatic ring is 1. The summed E-state index contributed by atoms with van der Waals surface area (Å²) in [5.41, 5.74) is 10.2. The van der Waals surface area contributed by atoms with Crippen LogP contribution in [0.15, 0.2) is 53.6 Å². The summed E-state index contributed by atoms with van der Waals surface area (Å²) >= 11 is 0. The molecule has 134 valence electrons. The minimum Gasteiger partial charge on any atom is -0.481 e. The van der Waals surface area contributed by atoms with Crippen LogP contribution >= 0.6 is 0 Å². The maximum atomic E-state index is 11.6. The molecule has 3 rings (SSSR count). The second-order valence-corrected chi connectivity index (χ2v) is 7.96. The molecule has 0 aliphatic carbocycles. The Bertz CT molecular complexity index is 1060.